The molecule has 0 saturated carbocycles. The van der Waals surface area contributed by atoms with Crippen molar-refractivity contribution >= 4 is 11.8 Å². The number of tetrazole rings is 1. The maximum absolute atomic E-state index is 13.1. The van der Waals surface area contributed by atoms with Crippen LogP contribution in [-0.4, -0.2) is 33.4 Å². The molecule has 1 fully saturated rings. The molecule has 2 aromatic rings. The van der Waals surface area contributed by atoms with Crippen LogP contribution < -0.4 is 0 Å². The Morgan fingerprint density at radius 3 is 3.00 bits per heavy atom. The monoisotopic (exact) mass is 319 g/mol. The number of hydrogen-bond donors (Lipinski definition) is 0. The van der Waals surface area contributed by atoms with E-state index in [0.717, 1.165) is 18.4 Å². The van der Waals surface area contributed by atoms with Gasteiger partial charge in [-0.05, 0) is 41.0 Å². The summed E-state index contributed by atoms with van der Waals surface area (Å²) in [7, 11) is 0. The van der Waals surface area contributed by atoms with E-state index in [1.807, 2.05) is 10.8 Å². The number of nitriles is 1. The Labute approximate surface area is 131 Å². The van der Waals surface area contributed by atoms with Crippen molar-refractivity contribution < 1.29 is 9.13 Å². The van der Waals surface area contributed by atoms with Crippen molar-refractivity contribution in [2.24, 2.45) is 0 Å². The lowest BCUT2D eigenvalue weighted by Crippen LogP contribution is -2.21. The molecule has 0 aliphatic carbocycles. The Hall–Kier alpha value is -1.98. The van der Waals surface area contributed by atoms with Crippen molar-refractivity contribution in [2.75, 3.05) is 13.2 Å². The summed E-state index contributed by atoms with van der Waals surface area (Å²) < 4.78 is 20.3. The molecular weight excluding hydrogens is 305 g/mol. The molecule has 1 aliphatic rings. The van der Waals surface area contributed by atoms with Crippen LogP contribution in [0.15, 0.2) is 23.4 Å². The normalized spacial score (nSPS) is 15.6. The Balaban J connectivity index is 1.72. The molecule has 6 nitrogen and oxygen atoms in total. The Kier molecular flexibility index (Phi) is 4.65. The van der Waals surface area contributed by atoms with E-state index in [1.54, 1.807) is 6.07 Å². The minimum absolute atomic E-state index is 0.245. The first kappa shape index (κ1) is 14.9. The first-order valence-corrected chi connectivity index (χ1v) is 7.93. The van der Waals surface area contributed by atoms with Crippen molar-refractivity contribution in [3.63, 3.8) is 0 Å². The topological polar surface area (TPSA) is 76.6 Å². The van der Waals surface area contributed by atoms with Gasteiger partial charge < -0.3 is 4.74 Å². The number of ether oxygens (including phenoxy) is 1. The lowest BCUT2D eigenvalue weighted by Gasteiger charge is -2.22. The molecule has 1 saturated heterocycles. The molecule has 2 heterocycles. The van der Waals surface area contributed by atoms with E-state index in [1.165, 1.54) is 23.9 Å². The zero-order valence-electron chi connectivity index (χ0n) is 11.8. The predicted octanol–water partition coefficient (Wildman–Crippen LogP) is 2.33. The minimum atomic E-state index is -0.405. The summed E-state index contributed by atoms with van der Waals surface area (Å²) in [5, 5.41) is 21.6. The van der Waals surface area contributed by atoms with E-state index in [0.29, 0.717) is 29.7 Å². The fourth-order valence-corrected chi connectivity index (χ4v) is 3.31. The number of halogens is 1. The largest absolute Gasteiger partial charge is 0.381 e. The number of aromatic nitrogens is 4. The SMILES string of the molecule is N#Cc1cc(F)ccc1CSc1nnnn1C1CCOCC1. The molecule has 0 spiro atoms. The molecule has 3 rings (SSSR count). The first-order chi connectivity index (χ1) is 10.8. The zero-order chi connectivity index (χ0) is 15.4. The standard InChI is InChI=1S/C14H14FN5OS/c15-12-2-1-10(11(7-12)8-16)9-22-14-17-18-19-20(14)13-3-5-21-6-4-13/h1-2,7,13H,3-6,9H2. The molecule has 1 aromatic heterocycles. The van der Waals surface area contributed by atoms with Gasteiger partial charge in [0.1, 0.15) is 5.82 Å². The van der Waals surface area contributed by atoms with Crippen molar-refractivity contribution in [1.82, 2.24) is 20.2 Å². The minimum Gasteiger partial charge on any atom is -0.381 e. The molecule has 0 atom stereocenters. The third-order valence-electron chi connectivity index (χ3n) is 3.55. The van der Waals surface area contributed by atoms with Crippen molar-refractivity contribution in [1.29, 1.82) is 5.26 Å². The molecule has 0 amide bonds. The third kappa shape index (κ3) is 3.26. The van der Waals surface area contributed by atoms with Crippen LogP contribution in [0.4, 0.5) is 4.39 Å². The summed E-state index contributed by atoms with van der Waals surface area (Å²) in [4.78, 5) is 0. The molecular formula is C14H14FN5OS. The second kappa shape index (κ2) is 6.85. The van der Waals surface area contributed by atoms with E-state index in [9.17, 15) is 4.39 Å². The first-order valence-electron chi connectivity index (χ1n) is 6.95. The number of rotatable bonds is 4. The second-order valence-corrected chi connectivity index (χ2v) is 5.89. The van der Waals surface area contributed by atoms with Crippen LogP contribution in [0, 0.1) is 17.1 Å². The highest BCUT2D eigenvalue weighted by atomic mass is 32.2. The van der Waals surface area contributed by atoms with Crippen LogP contribution in [0.5, 0.6) is 0 Å². The quantitative estimate of drug-likeness (QED) is 0.805. The van der Waals surface area contributed by atoms with Gasteiger partial charge in [0.2, 0.25) is 5.16 Å². The van der Waals surface area contributed by atoms with E-state index >= 15 is 0 Å². The second-order valence-electron chi connectivity index (χ2n) is 4.95. The highest BCUT2D eigenvalue weighted by Crippen LogP contribution is 2.27. The molecule has 0 radical (unpaired) electrons. The highest BCUT2D eigenvalue weighted by molar-refractivity contribution is 7.98. The summed E-state index contributed by atoms with van der Waals surface area (Å²) >= 11 is 1.45. The Morgan fingerprint density at radius 2 is 2.23 bits per heavy atom. The maximum Gasteiger partial charge on any atom is 0.209 e. The predicted molar refractivity (Wildman–Crippen MR) is 77.6 cm³/mol. The van der Waals surface area contributed by atoms with Gasteiger partial charge in [-0.25, -0.2) is 9.07 Å². The molecule has 22 heavy (non-hydrogen) atoms. The van der Waals surface area contributed by atoms with E-state index < -0.39 is 5.82 Å². The van der Waals surface area contributed by atoms with Crippen LogP contribution in [0.1, 0.15) is 30.0 Å². The lowest BCUT2D eigenvalue weighted by molar-refractivity contribution is 0.0631. The number of benzene rings is 1. The molecule has 0 N–H and O–H groups in total. The van der Waals surface area contributed by atoms with Gasteiger partial charge in [0, 0.05) is 19.0 Å². The summed E-state index contributed by atoms with van der Waals surface area (Å²) in [6, 6.07) is 6.50. The molecule has 114 valence electrons. The fraction of sp³-hybridized carbons (Fsp3) is 0.429. The van der Waals surface area contributed by atoms with Crippen LogP contribution >= 0.6 is 11.8 Å². The number of hydrogen-bond acceptors (Lipinski definition) is 6. The van der Waals surface area contributed by atoms with E-state index in [2.05, 4.69) is 15.5 Å². The van der Waals surface area contributed by atoms with Crippen molar-refractivity contribution in [2.45, 2.75) is 29.8 Å². The van der Waals surface area contributed by atoms with Gasteiger partial charge in [0.25, 0.3) is 0 Å². The smallest absolute Gasteiger partial charge is 0.209 e. The average molecular weight is 319 g/mol. The maximum atomic E-state index is 13.1. The lowest BCUT2D eigenvalue weighted by atomic mass is 10.1. The summed E-state index contributed by atoms with van der Waals surface area (Å²) in [6.07, 6.45) is 1.77. The summed E-state index contributed by atoms with van der Waals surface area (Å²) in [6.45, 7) is 1.43. The molecule has 0 unspecified atom stereocenters. The highest BCUT2D eigenvalue weighted by Gasteiger charge is 2.20. The molecule has 1 aliphatic heterocycles. The average Bonchev–Trinajstić information content (AvgIpc) is 3.03. The van der Waals surface area contributed by atoms with Crippen molar-refractivity contribution in [3.05, 3.63) is 35.1 Å². The summed E-state index contributed by atoms with van der Waals surface area (Å²) in [5.41, 5.74) is 1.12. The third-order valence-corrected chi connectivity index (χ3v) is 4.53. The molecule has 0 bridgehead atoms. The van der Waals surface area contributed by atoms with Crippen molar-refractivity contribution in [3.8, 4) is 6.07 Å². The zero-order valence-corrected chi connectivity index (χ0v) is 12.6. The van der Waals surface area contributed by atoms with Crippen LogP contribution in [-0.2, 0) is 10.5 Å². The van der Waals surface area contributed by atoms with Gasteiger partial charge in [-0.3, -0.25) is 0 Å². The molecule has 8 heteroatoms. The molecule has 1 aromatic carbocycles. The van der Waals surface area contributed by atoms with Gasteiger partial charge in [-0.1, -0.05) is 17.8 Å². The Morgan fingerprint density at radius 1 is 1.41 bits per heavy atom. The van der Waals surface area contributed by atoms with Crippen LogP contribution in [0.2, 0.25) is 0 Å². The van der Waals surface area contributed by atoms with Gasteiger partial charge in [-0.2, -0.15) is 5.26 Å². The van der Waals surface area contributed by atoms with E-state index in [4.69, 9.17) is 10.00 Å². The fourth-order valence-electron chi connectivity index (χ4n) is 2.36. The number of nitrogens with zero attached hydrogens (tertiary/aromatic N) is 5. The summed E-state index contributed by atoms with van der Waals surface area (Å²) in [5.74, 6) is 0.115. The van der Waals surface area contributed by atoms with Crippen LogP contribution in [0.25, 0.3) is 0 Å². The van der Waals surface area contributed by atoms with Gasteiger partial charge in [0.15, 0.2) is 0 Å². The van der Waals surface area contributed by atoms with Gasteiger partial charge >= 0.3 is 0 Å². The van der Waals surface area contributed by atoms with E-state index in [-0.39, 0.29) is 6.04 Å². The Bertz CT molecular complexity index is 693. The van der Waals surface area contributed by atoms with Gasteiger partial charge in [0.05, 0.1) is 17.7 Å². The number of thioether (sulfide) groups is 1. The van der Waals surface area contributed by atoms with Gasteiger partial charge in [-0.15, -0.1) is 5.10 Å². The van der Waals surface area contributed by atoms with Crippen LogP contribution in [0.3, 0.4) is 0 Å².